The highest BCUT2D eigenvalue weighted by molar-refractivity contribution is 7.18. The van der Waals surface area contributed by atoms with Crippen molar-refractivity contribution < 1.29 is 14.3 Å². The minimum atomic E-state index is -0.386. The normalized spacial score (nSPS) is 17.2. The van der Waals surface area contributed by atoms with E-state index in [9.17, 15) is 9.59 Å². The summed E-state index contributed by atoms with van der Waals surface area (Å²) < 4.78 is 6.83. The summed E-state index contributed by atoms with van der Waals surface area (Å²) in [4.78, 5) is 31.9. The van der Waals surface area contributed by atoms with Gasteiger partial charge in [0.1, 0.15) is 5.75 Å². The molecule has 162 valence electrons. The predicted octanol–water partition coefficient (Wildman–Crippen LogP) is 4.54. The maximum atomic E-state index is 13.0. The molecule has 4 rings (SSSR count). The van der Waals surface area contributed by atoms with Crippen LogP contribution in [0.2, 0.25) is 0 Å². The van der Waals surface area contributed by atoms with Gasteiger partial charge in [-0.3, -0.25) is 9.59 Å². The first-order valence-corrected chi connectivity index (χ1v) is 11.4. The van der Waals surface area contributed by atoms with Crippen LogP contribution in [0.25, 0.3) is 10.2 Å². The Bertz CT molecular complexity index is 1140. The van der Waals surface area contributed by atoms with E-state index in [-0.39, 0.29) is 30.2 Å². The van der Waals surface area contributed by atoms with Crippen LogP contribution in [0.4, 0.5) is 5.69 Å². The topological polar surface area (TPSA) is 71.5 Å². The van der Waals surface area contributed by atoms with E-state index >= 15 is 0 Å². The maximum Gasteiger partial charge on any atom is 0.227 e. The van der Waals surface area contributed by atoms with Crippen molar-refractivity contribution in [3.8, 4) is 5.75 Å². The lowest BCUT2D eigenvalue weighted by Crippen LogP contribution is -2.34. The molecule has 1 N–H and O–H groups in total. The van der Waals surface area contributed by atoms with Crippen molar-refractivity contribution in [2.24, 2.45) is 5.92 Å². The molecule has 1 aliphatic heterocycles. The van der Waals surface area contributed by atoms with Crippen LogP contribution in [0.3, 0.4) is 0 Å². The van der Waals surface area contributed by atoms with Crippen LogP contribution in [0, 0.1) is 19.8 Å². The fraction of sp³-hybridized carbons (Fsp3) is 0.375. The van der Waals surface area contributed by atoms with Gasteiger partial charge in [0.15, 0.2) is 0 Å². The van der Waals surface area contributed by atoms with Crippen molar-refractivity contribution in [1.82, 2.24) is 10.3 Å². The molecule has 0 saturated carbocycles. The number of hydrogen-bond acceptors (Lipinski definition) is 5. The molecular weight excluding hydrogens is 410 g/mol. The number of benzene rings is 2. The van der Waals surface area contributed by atoms with Gasteiger partial charge in [-0.1, -0.05) is 17.7 Å². The molecule has 1 fully saturated rings. The van der Waals surface area contributed by atoms with Gasteiger partial charge in [0.25, 0.3) is 0 Å². The Morgan fingerprint density at radius 3 is 2.87 bits per heavy atom. The van der Waals surface area contributed by atoms with Crippen molar-refractivity contribution in [3.05, 3.63) is 52.5 Å². The van der Waals surface area contributed by atoms with Crippen LogP contribution in [0.5, 0.6) is 5.75 Å². The van der Waals surface area contributed by atoms with E-state index in [2.05, 4.69) is 10.3 Å². The van der Waals surface area contributed by atoms with Gasteiger partial charge in [-0.15, -0.1) is 11.3 Å². The quantitative estimate of drug-likeness (QED) is 0.614. The van der Waals surface area contributed by atoms with Crippen LogP contribution < -0.4 is 15.0 Å². The monoisotopic (exact) mass is 437 g/mol. The summed E-state index contributed by atoms with van der Waals surface area (Å²) in [5, 5.41) is 4.08. The molecule has 7 heteroatoms. The molecule has 31 heavy (non-hydrogen) atoms. The van der Waals surface area contributed by atoms with E-state index in [1.807, 2.05) is 64.1 Å². The summed E-state index contributed by atoms with van der Waals surface area (Å²) in [6.45, 7) is 8.81. The van der Waals surface area contributed by atoms with Gasteiger partial charge in [0.2, 0.25) is 11.8 Å². The van der Waals surface area contributed by atoms with Crippen molar-refractivity contribution in [1.29, 1.82) is 0 Å². The third-order valence-electron chi connectivity index (χ3n) is 5.58. The summed E-state index contributed by atoms with van der Waals surface area (Å²) >= 11 is 1.63. The second-order valence-electron chi connectivity index (χ2n) is 7.99. The number of thiazole rings is 1. The third-order valence-corrected chi connectivity index (χ3v) is 6.53. The van der Waals surface area contributed by atoms with E-state index in [4.69, 9.17) is 4.74 Å². The predicted molar refractivity (Wildman–Crippen MR) is 124 cm³/mol. The Labute approximate surface area is 186 Å². The number of ether oxygens (including phenoxy) is 1. The smallest absolute Gasteiger partial charge is 0.227 e. The molecule has 6 nitrogen and oxygen atoms in total. The molecule has 0 aliphatic carbocycles. The summed E-state index contributed by atoms with van der Waals surface area (Å²) in [6.07, 6.45) is 0.207. The van der Waals surface area contributed by atoms with E-state index in [0.717, 1.165) is 37.8 Å². The zero-order valence-electron chi connectivity index (χ0n) is 18.3. The highest BCUT2D eigenvalue weighted by Gasteiger charge is 2.36. The summed E-state index contributed by atoms with van der Waals surface area (Å²) in [6, 6.07) is 11.6. The van der Waals surface area contributed by atoms with E-state index < -0.39 is 0 Å². The number of nitrogens with zero attached hydrogens (tertiary/aromatic N) is 2. The van der Waals surface area contributed by atoms with Crippen LogP contribution in [0.1, 0.15) is 42.4 Å². The fourth-order valence-corrected chi connectivity index (χ4v) is 4.84. The van der Waals surface area contributed by atoms with Crippen LogP contribution in [-0.2, 0) is 9.59 Å². The second kappa shape index (κ2) is 8.67. The number of fused-ring (bicyclic) bond motifs is 1. The number of aryl methyl sites for hydroxylation is 2. The molecule has 2 amide bonds. The Kier molecular flexibility index (Phi) is 5.96. The van der Waals surface area contributed by atoms with E-state index in [1.54, 1.807) is 16.2 Å². The van der Waals surface area contributed by atoms with Crippen LogP contribution in [0.15, 0.2) is 36.4 Å². The number of rotatable bonds is 6. The molecule has 2 unspecified atom stereocenters. The average molecular weight is 438 g/mol. The zero-order valence-corrected chi connectivity index (χ0v) is 19.1. The molecule has 0 spiro atoms. The Balaban J connectivity index is 1.47. The molecule has 3 aromatic rings. The van der Waals surface area contributed by atoms with Gasteiger partial charge in [-0.05, 0) is 52.0 Å². The van der Waals surface area contributed by atoms with Crippen LogP contribution >= 0.6 is 11.3 Å². The Morgan fingerprint density at radius 1 is 1.29 bits per heavy atom. The number of carbonyl (C=O) groups excluding carboxylic acids is 2. The second-order valence-corrected chi connectivity index (χ2v) is 9.23. The average Bonchev–Trinajstić information content (AvgIpc) is 3.30. The van der Waals surface area contributed by atoms with Gasteiger partial charge in [0, 0.05) is 24.2 Å². The zero-order chi connectivity index (χ0) is 22.1. The fourth-order valence-electron chi connectivity index (χ4n) is 4.03. The summed E-state index contributed by atoms with van der Waals surface area (Å²) in [7, 11) is 0. The van der Waals surface area contributed by atoms with Gasteiger partial charge in [-0.2, -0.15) is 0 Å². The van der Waals surface area contributed by atoms with Crippen molar-refractivity contribution in [2.45, 2.75) is 40.2 Å². The summed E-state index contributed by atoms with van der Waals surface area (Å²) in [5.41, 5.74) is 3.73. The molecule has 2 aromatic carbocycles. The van der Waals surface area contributed by atoms with Gasteiger partial charge in [-0.25, -0.2) is 4.98 Å². The molecule has 0 radical (unpaired) electrons. The van der Waals surface area contributed by atoms with Crippen molar-refractivity contribution in [3.63, 3.8) is 0 Å². The largest absolute Gasteiger partial charge is 0.494 e. The summed E-state index contributed by atoms with van der Waals surface area (Å²) in [5.74, 6) is 0.239. The lowest BCUT2D eigenvalue weighted by atomic mass is 10.0. The number of anilines is 1. The minimum Gasteiger partial charge on any atom is -0.494 e. The number of aromatic nitrogens is 1. The number of carbonyl (C=O) groups is 2. The number of hydrogen-bond donors (Lipinski definition) is 1. The molecule has 1 aliphatic rings. The lowest BCUT2D eigenvalue weighted by Gasteiger charge is -2.21. The third kappa shape index (κ3) is 4.42. The lowest BCUT2D eigenvalue weighted by molar-refractivity contribution is -0.126. The SMILES string of the molecule is CCOc1ccc(C)cc1C(C)NC(=O)C1CC(=O)N(c2ccc3sc(C)nc3c2)C1. The number of amides is 2. The first-order chi connectivity index (χ1) is 14.9. The van der Waals surface area contributed by atoms with E-state index in [0.29, 0.717) is 13.2 Å². The Morgan fingerprint density at radius 2 is 2.10 bits per heavy atom. The molecular formula is C24H27N3O3S. The first-order valence-electron chi connectivity index (χ1n) is 10.6. The van der Waals surface area contributed by atoms with Crippen molar-refractivity contribution in [2.75, 3.05) is 18.1 Å². The van der Waals surface area contributed by atoms with Crippen LogP contribution in [-0.4, -0.2) is 29.9 Å². The standard InChI is InChI=1S/C24H27N3O3S/c1-5-30-21-8-6-14(2)10-19(21)15(3)25-24(29)17-11-23(28)27(13-17)18-7-9-22-20(12-18)26-16(4)31-22/h6-10,12,15,17H,5,11,13H2,1-4H3,(H,25,29). The Hall–Kier alpha value is -2.93. The van der Waals surface area contributed by atoms with Gasteiger partial charge in [0.05, 0.1) is 33.8 Å². The molecule has 2 heterocycles. The van der Waals surface area contributed by atoms with Crippen molar-refractivity contribution >= 4 is 39.1 Å². The van der Waals surface area contributed by atoms with Gasteiger partial charge < -0.3 is 15.0 Å². The highest BCUT2D eigenvalue weighted by Crippen LogP contribution is 2.31. The number of nitrogens with one attached hydrogen (secondary N) is 1. The minimum absolute atomic E-state index is 0.0373. The molecule has 0 bridgehead atoms. The molecule has 1 saturated heterocycles. The molecule has 1 aromatic heterocycles. The van der Waals surface area contributed by atoms with Gasteiger partial charge >= 0.3 is 0 Å². The maximum absolute atomic E-state index is 13.0. The highest BCUT2D eigenvalue weighted by atomic mass is 32.1. The van der Waals surface area contributed by atoms with E-state index in [1.165, 1.54) is 0 Å². The first kappa shape index (κ1) is 21.3. The molecule has 2 atom stereocenters.